The first-order valence-corrected chi connectivity index (χ1v) is 10.9. The highest BCUT2D eigenvalue weighted by molar-refractivity contribution is 6.76. The minimum Gasteiger partial charge on any atom is -0.362 e. The molecule has 6 heteroatoms. The molecule has 0 aliphatic carbocycles. The molecule has 5 nitrogen and oxygen atoms in total. The fourth-order valence-electron chi connectivity index (χ4n) is 1.95. The molecule has 0 radical (unpaired) electrons. The van der Waals surface area contributed by atoms with Crippen LogP contribution in [0.15, 0.2) is 18.2 Å². The van der Waals surface area contributed by atoms with Crippen LogP contribution in [0.2, 0.25) is 25.7 Å². The van der Waals surface area contributed by atoms with Crippen molar-refractivity contribution in [3.05, 3.63) is 29.5 Å². The third kappa shape index (κ3) is 4.40. The third-order valence-corrected chi connectivity index (χ3v) is 5.04. The first-order valence-electron chi connectivity index (χ1n) is 7.17. The zero-order valence-corrected chi connectivity index (χ0v) is 14.1. The summed E-state index contributed by atoms with van der Waals surface area (Å²) in [7, 11) is -1.08. The van der Waals surface area contributed by atoms with Crippen LogP contribution in [0.25, 0.3) is 10.9 Å². The molecule has 0 spiro atoms. The number of benzene rings is 1. The van der Waals surface area contributed by atoms with Gasteiger partial charge >= 0.3 is 0 Å². The Morgan fingerprint density at radius 2 is 2.14 bits per heavy atom. The minimum atomic E-state index is -1.08. The lowest BCUT2D eigenvalue weighted by molar-refractivity contribution is 0.0816. The van der Waals surface area contributed by atoms with Gasteiger partial charge in [0.15, 0.2) is 0 Å². The van der Waals surface area contributed by atoms with E-state index in [4.69, 9.17) is 4.74 Å². The van der Waals surface area contributed by atoms with Gasteiger partial charge in [-0.3, -0.25) is 9.89 Å². The van der Waals surface area contributed by atoms with Crippen molar-refractivity contribution in [1.82, 2.24) is 15.5 Å². The molecule has 0 aliphatic heterocycles. The Balaban J connectivity index is 1.86. The Labute approximate surface area is 126 Å². The average molecular weight is 305 g/mol. The van der Waals surface area contributed by atoms with Gasteiger partial charge in [0.2, 0.25) is 0 Å². The van der Waals surface area contributed by atoms with E-state index in [0.29, 0.717) is 12.2 Å². The second-order valence-electron chi connectivity index (χ2n) is 6.45. The summed E-state index contributed by atoms with van der Waals surface area (Å²) in [5.74, 6) is -0.120. The van der Waals surface area contributed by atoms with Gasteiger partial charge in [0.25, 0.3) is 5.91 Å². The van der Waals surface area contributed by atoms with Crippen LogP contribution in [0.4, 0.5) is 0 Å². The Kier molecular flexibility index (Phi) is 4.79. The monoisotopic (exact) mass is 305 g/mol. The van der Waals surface area contributed by atoms with Gasteiger partial charge in [0.1, 0.15) is 6.73 Å². The summed E-state index contributed by atoms with van der Waals surface area (Å²) in [6, 6.07) is 6.58. The summed E-state index contributed by atoms with van der Waals surface area (Å²) in [5.41, 5.74) is 2.46. The zero-order valence-electron chi connectivity index (χ0n) is 13.1. The van der Waals surface area contributed by atoms with Gasteiger partial charge in [-0.1, -0.05) is 19.6 Å². The lowest BCUT2D eigenvalue weighted by Crippen LogP contribution is -2.28. The molecule has 0 fully saturated rings. The maximum absolute atomic E-state index is 12.1. The van der Waals surface area contributed by atoms with Gasteiger partial charge in [-0.2, -0.15) is 5.10 Å². The van der Waals surface area contributed by atoms with Gasteiger partial charge in [-0.15, -0.1) is 0 Å². The Morgan fingerprint density at radius 3 is 2.86 bits per heavy atom. The predicted molar refractivity (Wildman–Crippen MR) is 87.3 cm³/mol. The molecule has 2 N–H and O–H groups in total. The van der Waals surface area contributed by atoms with Crippen LogP contribution in [0.3, 0.4) is 0 Å². The lowest BCUT2D eigenvalue weighted by Gasteiger charge is -2.15. The molecule has 1 aromatic heterocycles. The molecule has 2 rings (SSSR count). The number of nitrogens with one attached hydrogen (secondary N) is 2. The number of ether oxygens (including phenoxy) is 1. The summed E-state index contributed by atoms with van der Waals surface area (Å²) >= 11 is 0. The normalized spacial score (nSPS) is 11.8. The van der Waals surface area contributed by atoms with E-state index in [1.165, 1.54) is 0 Å². The topological polar surface area (TPSA) is 67.0 Å². The number of fused-ring (bicyclic) bond motifs is 1. The highest BCUT2D eigenvalue weighted by atomic mass is 28.3. The van der Waals surface area contributed by atoms with Crippen LogP contribution in [-0.2, 0) is 4.74 Å². The Bertz CT molecular complexity index is 631. The molecule has 0 saturated carbocycles. The number of hydrogen-bond acceptors (Lipinski definition) is 3. The highest BCUT2D eigenvalue weighted by Crippen LogP contribution is 2.16. The van der Waals surface area contributed by atoms with E-state index in [1.807, 2.05) is 19.1 Å². The van der Waals surface area contributed by atoms with E-state index in [-0.39, 0.29) is 12.6 Å². The number of carbonyl (C=O) groups excluding carboxylic acids is 1. The molecule has 0 unspecified atom stereocenters. The van der Waals surface area contributed by atoms with Crippen molar-refractivity contribution in [3.8, 4) is 0 Å². The van der Waals surface area contributed by atoms with Crippen LogP contribution in [-0.4, -0.2) is 37.5 Å². The van der Waals surface area contributed by atoms with E-state index in [1.54, 1.807) is 6.07 Å². The second kappa shape index (κ2) is 6.40. The van der Waals surface area contributed by atoms with Crippen molar-refractivity contribution in [1.29, 1.82) is 0 Å². The fourth-order valence-corrected chi connectivity index (χ4v) is 2.71. The Morgan fingerprint density at radius 1 is 1.38 bits per heavy atom. The van der Waals surface area contributed by atoms with E-state index >= 15 is 0 Å². The zero-order chi connectivity index (χ0) is 15.5. The first-order chi connectivity index (χ1) is 9.87. The number of H-pyrrole nitrogens is 1. The molecule has 1 amide bonds. The fraction of sp³-hybridized carbons (Fsp3) is 0.467. The van der Waals surface area contributed by atoms with Crippen LogP contribution in [0.1, 0.15) is 16.1 Å². The van der Waals surface area contributed by atoms with E-state index in [9.17, 15) is 4.79 Å². The average Bonchev–Trinajstić information content (AvgIpc) is 2.78. The smallest absolute Gasteiger partial charge is 0.253 e. The largest absolute Gasteiger partial charge is 0.362 e. The SMILES string of the molecule is Cc1[nH]nc2ccc(C(=O)NCOCC[Si](C)(C)C)cc12. The summed E-state index contributed by atoms with van der Waals surface area (Å²) in [5, 5.41) is 10.8. The van der Waals surface area contributed by atoms with E-state index in [2.05, 4.69) is 35.2 Å². The maximum atomic E-state index is 12.1. The number of rotatable bonds is 6. The first kappa shape index (κ1) is 15.7. The van der Waals surface area contributed by atoms with Crippen molar-refractivity contribution >= 4 is 24.9 Å². The molecule has 2 aromatic rings. The Hall–Kier alpha value is -1.66. The molecule has 0 aliphatic rings. The summed E-state index contributed by atoms with van der Waals surface area (Å²) in [6.45, 7) is 9.81. The molecular weight excluding hydrogens is 282 g/mol. The number of amides is 1. The number of carbonyl (C=O) groups is 1. The summed E-state index contributed by atoms with van der Waals surface area (Å²) in [4.78, 5) is 12.1. The molecule has 1 heterocycles. The number of hydrogen-bond donors (Lipinski definition) is 2. The molecular formula is C15H23N3O2Si. The quantitative estimate of drug-likeness (QED) is 0.490. The molecule has 0 saturated heterocycles. The molecule has 0 bridgehead atoms. The van der Waals surface area contributed by atoms with Crippen molar-refractivity contribution in [2.24, 2.45) is 0 Å². The number of aromatic nitrogens is 2. The third-order valence-electron chi connectivity index (χ3n) is 3.34. The van der Waals surface area contributed by atoms with Crippen LogP contribution in [0.5, 0.6) is 0 Å². The lowest BCUT2D eigenvalue weighted by atomic mass is 10.1. The number of aromatic amines is 1. The predicted octanol–water partition coefficient (Wildman–Crippen LogP) is 2.91. The van der Waals surface area contributed by atoms with Crippen LogP contribution < -0.4 is 5.32 Å². The van der Waals surface area contributed by atoms with Gasteiger partial charge in [0, 0.05) is 31.3 Å². The van der Waals surface area contributed by atoms with Gasteiger partial charge in [-0.25, -0.2) is 0 Å². The number of nitrogens with zero attached hydrogens (tertiary/aromatic N) is 1. The summed E-state index contributed by atoms with van der Waals surface area (Å²) in [6.07, 6.45) is 0. The van der Waals surface area contributed by atoms with Gasteiger partial charge in [0.05, 0.1) is 5.52 Å². The molecule has 1 aromatic carbocycles. The van der Waals surface area contributed by atoms with E-state index in [0.717, 1.165) is 22.6 Å². The van der Waals surface area contributed by atoms with E-state index < -0.39 is 8.07 Å². The summed E-state index contributed by atoms with van der Waals surface area (Å²) < 4.78 is 5.48. The van der Waals surface area contributed by atoms with Crippen molar-refractivity contribution in [2.45, 2.75) is 32.6 Å². The molecule has 114 valence electrons. The standard InChI is InChI=1S/C15H23N3O2Si/c1-11-13-9-12(5-6-14(13)18-17-11)15(19)16-10-20-7-8-21(2,3)4/h5-6,9H,7-8,10H2,1-4H3,(H,16,19)(H,17,18). The molecule has 0 atom stereocenters. The molecule has 21 heavy (non-hydrogen) atoms. The van der Waals surface area contributed by atoms with Crippen molar-refractivity contribution in [3.63, 3.8) is 0 Å². The second-order valence-corrected chi connectivity index (χ2v) is 12.1. The van der Waals surface area contributed by atoms with Crippen molar-refractivity contribution in [2.75, 3.05) is 13.3 Å². The van der Waals surface area contributed by atoms with Gasteiger partial charge in [-0.05, 0) is 31.2 Å². The highest BCUT2D eigenvalue weighted by Gasteiger charge is 2.12. The van der Waals surface area contributed by atoms with Crippen LogP contribution >= 0.6 is 0 Å². The van der Waals surface area contributed by atoms with Gasteiger partial charge < -0.3 is 10.1 Å². The number of aryl methyl sites for hydroxylation is 1. The maximum Gasteiger partial charge on any atom is 0.253 e. The van der Waals surface area contributed by atoms with Crippen molar-refractivity contribution < 1.29 is 9.53 Å². The minimum absolute atomic E-state index is 0.120. The van der Waals surface area contributed by atoms with Crippen LogP contribution in [0, 0.1) is 6.92 Å².